The van der Waals surface area contributed by atoms with Crippen LogP contribution in [0.3, 0.4) is 0 Å². The van der Waals surface area contributed by atoms with Crippen LogP contribution in [0.4, 0.5) is 0 Å². The van der Waals surface area contributed by atoms with Crippen LogP contribution < -0.4 is 9.44 Å². The lowest BCUT2D eigenvalue weighted by Crippen LogP contribution is -2.39. The summed E-state index contributed by atoms with van der Waals surface area (Å²) in [5.74, 6) is 0.516. The highest BCUT2D eigenvalue weighted by Crippen LogP contribution is 2.19. The number of benzene rings is 1. The third-order valence-corrected chi connectivity index (χ3v) is 3.90. The van der Waals surface area contributed by atoms with Gasteiger partial charge in [-0.15, -0.1) is 0 Å². The molecule has 1 aromatic heterocycles. The molecule has 2 rings (SSSR count). The molecular weight excluding hydrogens is 316 g/mol. The predicted molar refractivity (Wildman–Crippen MR) is 78.8 cm³/mol. The van der Waals surface area contributed by atoms with Crippen molar-refractivity contribution in [2.24, 2.45) is 0 Å². The summed E-state index contributed by atoms with van der Waals surface area (Å²) in [5, 5.41) is 4.35. The summed E-state index contributed by atoms with van der Waals surface area (Å²) < 4.78 is 32.9. The quantitative estimate of drug-likeness (QED) is 0.840. The summed E-state index contributed by atoms with van der Waals surface area (Å²) in [5.41, 5.74) is 0.695. The number of aromatic nitrogens is 2. The van der Waals surface area contributed by atoms with Crippen LogP contribution in [0.1, 0.15) is 19.7 Å². The minimum atomic E-state index is -3.59. The lowest BCUT2D eigenvalue weighted by Gasteiger charge is -2.08. The predicted octanol–water partition coefficient (Wildman–Crippen LogP) is 1.72. The number of nitrogens with one attached hydrogen (secondary N) is 2. The average molecular weight is 331 g/mol. The van der Waals surface area contributed by atoms with E-state index in [2.05, 4.69) is 19.6 Å². The summed E-state index contributed by atoms with van der Waals surface area (Å²) in [6.07, 6.45) is 0. The molecule has 0 saturated carbocycles. The summed E-state index contributed by atoms with van der Waals surface area (Å²) in [6, 6.07) is 6.78. The molecule has 0 amide bonds. The molecule has 21 heavy (non-hydrogen) atoms. The van der Waals surface area contributed by atoms with Gasteiger partial charge in [-0.2, -0.15) is 22.8 Å². The van der Waals surface area contributed by atoms with E-state index in [9.17, 15) is 8.42 Å². The second-order valence-electron chi connectivity index (χ2n) is 4.62. The molecule has 9 heteroatoms. The molecule has 0 aliphatic heterocycles. The first-order chi connectivity index (χ1) is 9.85. The van der Waals surface area contributed by atoms with Gasteiger partial charge in [0.1, 0.15) is 0 Å². The minimum Gasteiger partial charge on any atom is -0.338 e. The van der Waals surface area contributed by atoms with E-state index in [0.29, 0.717) is 16.4 Å². The second kappa shape index (κ2) is 6.52. The fourth-order valence-electron chi connectivity index (χ4n) is 1.58. The summed E-state index contributed by atoms with van der Waals surface area (Å²) >= 11 is 5.88. The van der Waals surface area contributed by atoms with E-state index in [-0.39, 0.29) is 18.5 Å². The van der Waals surface area contributed by atoms with Crippen LogP contribution in [-0.2, 0) is 16.8 Å². The zero-order chi connectivity index (χ0) is 15.5. The Bertz CT molecular complexity index is 715. The van der Waals surface area contributed by atoms with Crippen molar-refractivity contribution in [3.8, 4) is 11.4 Å². The fraction of sp³-hybridized carbons (Fsp3) is 0.333. The van der Waals surface area contributed by atoms with Crippen LogP contribution >= 0.6 is 11.6 Å². The number of rotatable bonds is 6. The Morgan fingerprint density at radius 1 is 1.38 bits per heavy atom. The maximum atomic E-state index is 11.6. The van der Waals surface area contributed by atoms with Crippen molar-refractivity contribution in [2.75, 3.05) is 0 Å². The Labute approximate surface area is 127 Å². The first-order valence-electron chi connectivity index (χ1n) is 6.21. The van der Waals surface area contributed by atoms with Gasteiger partial charge < -0.3 is 4.52 Å². The van der Waals surface area contributed by atoms with Crippen molar-refractivity contribution in [3.63, 3.8) is 0 Å². The highest BCUT2D eigenvalue weighted by Gasteiger charge is 2.14. The number of hydrogen-bond acceptors (Lipinski definition) is 5. The van der Waals surface area contributed by atoms with Crippen molar-refractivity contribution >= 4 is 21.8 Å². The molecule has 0 saturated heterocycles. The molecule has 2 N–H and O–H groups in total. The Morgan fingerprint density at radius 3 is 2.81 bits per heavy atom. The molecule has 114 valence electrons. The van der Waals surface area contributed by atoms with Gasteiger partial charge in [0.2, 0.25) is 11.7 Å². The normalized spacial score (nSPS) is 12.0. The molecule has 0 bridgehead atoms. The number of hydrogen-bond donors (Lipinski definition) is 2. The highest BCUT2D eigenvalue weighted by molar-refractivity contribution is 7.87. The van der Waals surface area contributed by atoms with Gasteiger partial charge in [-0.1, -0.05) is 28.9 Å². The molecule has 0 aliphatic rings. The topological polar surface area (TPSA) is 97.1 Å². The van der Waals surface area contributed by atoms with Gasteiger partial charge in [0.05, 0.1) is 6.54 Å². The van der Waals surface area contributed by atoms with Gasteiger partial charge in [0.15, 0.2) is 0 Å². The molecule has 0 fully saturated rings. The van der Waals surface area contributed by atoms with Crippen LogP contribution in [0.25, 0.3) is 11.4 Å². The Morgan fingerprint density at radius 2 is 2.14 bits per heavy atom. The van der Waals surface area contributed by atoms with E-state index in [0.717, 1.165) is 0 Å². The van der Waals surface area contributed by atoms with Crippen LogP contribution in [0.2, 0.25) is 5.02 Å². The van der Waals surface area contributed by atoms with Crippen molar-refractivity contribution in [2.45, 2.75) is 26.4 Å². The van der Waals surface area contributed by atoms with Gasteiger partial charge in [-0.25, -0.2) is 0 Å². The van der Waals surface area contributed by atoms with Crippen LogP contribution in [-0.4, -0.2) is 24.6 Å². The smallest absolute Gasteiger partial charge is 0.277 e. The maximum absolute atomic E-state index is 11.6. The van der Waals surface area contributed by atoms with Gasteiger partial charge in [0.25, 0.3) is 10.2 Å². The van der Waals surface area contributed by atoms with Gasteiger partial charge in [0, 0.05) is 16.6 Å². The molecule has 1 aromatic carbocycles. The lowest BCUT2D eigenvalue weighted by molar-refractivity contribution is 0.375. The zero-order valence-electron chi connectivity index (χ0n) is 11.5. The molecule has 0 aliphatic carbocycles. The Balaban J connectivity index is 2.04. The summed E-state index contributed by atoms with van der Waals surface area (Å²) in [6.45, 7) is 3.36. The second-order valence-corrected chi connectivity index (χ2v) is 6.59. The van der Waals surface area contributed by atoms with Crippen molar-refractivity contribution in [1.82, 2.24) is 19.6 Å². The van der Waals surface area contributed by atoms with Crippen LogP contribution in [0.5, 0.6) is 0 Å². The number of nitrogens with zero attached hydrogens (tertiary/aromatic N) is 2. The van der Waals surface area contributed by atoms with E-state index >= 15 is 0 Å². The molecule has 0 atom stereocenters. The third kappa shape index (κ3) is 4.78. The highest BCUT2D eigenvalue weighted by atomic mass is 35.5. The summed E-state index contributed by atoms with van der Waals surface area (Å²) in [7, 11) is -3.59. The van der Waals surface area contributed by atoms with Crippen molar-refractivity contribution in [1.29, 1.82) is 0 Å². The van der Waals surface area contributed by atoms with Gasteiger partial charge in [-0.3, -0.25) is 0 Å². The fourth-order valence-corrected chi connectivity index (χ4v) is 2.79. The van der Waals surface area contributed by atoms with Crippen LogP contribution in [0.15, 0.2) is 28.8 Å². The van der Waals surface area contributed by atoms with Gasteiger partial charge in [-0.05, 0) is 26.0 Å². The maximum Gasteiger partial charge on any atom is 0.277 e. The Kier molecular flexibility index (Phi) is 4.94. The van der Waals surface area contributed by atoms with Crippen LogP contribution in [0, 0.1) is 0 Å². The van der Waals surface area contributed by atoms with Crippen molar-refractivity contribution < 1.29 is 12.9 Å². The first-order valence-corrected chi connectivity index (χ1v) is 8.07. The van der Waals surface area contributed by atoms with E-state index < -0.39 is 10.2 Å². The van der Waals surface area contributed by atoms with E-state index in [4.69, 9.17) is 16.1 Å². The van der Waals surface area contributed by atoms with Gasteiger partial charge >= 0.3 is 0 Å². The largest absolute Gasteiger partial charge is 0.338 e. The molecule has 2 aromatic rings. The third-order valence-electron chi connectivity index (χ3n) is 2.36. The molecule has 0 spiro atoms. The zero-order valence-corrected chi connectivity index (χ0v) is 13.1. The first kappa shape index (κ1) is 15.9. The Hall–Kier alpha value is -1.48. The lowest BCUT2D eigenvalue weighted by atomic mass is 10.2. The molecular formula is C12H15ClN4O3S. The molecule has 1 heterocycles. The van der Waals surface area contributed by atoms with Crippen molar-refractivity contribution in [3.05, 3.63) is 35.2 Å². The molecule has 0 radical (unpaired) electrons. The van der Waals surface area contributed by atoms with E-state index in [1.807, 2.05) is 0 Å². The summed E-state index contributed by atoms with van der Waals surface area (Å²) in [4.78, 5) is 4.11. The standard InChI is InChI=1S/C12H15ClN4O3S/c1-8(2)17-21(18,19)14-7-11-15-12(16-20-11)9-4-3-5-10(13)6-9/h3-6,8,14,17H,7H2,1-2H3. The molecule has 7 nitrogen and oxygen atoms in total. The SMILES string of the molecule is CC(C)NS(=O)(=O)NCc1nc(-c2cccc(Cl)c2)no1. The average Bonchev–Trinajstić information content (AvgIpc) is 2.84. The molecule has 0 unspecified atom stereocenters. The van der Waals surface area contributed by atoms with E-state index in [1.54, 1.807) is 38.1 Å². The minimum absolute atomic E-state index is 0.0877. The van der Waals surface area contributed by atoms with E-state index in [1.165, 1.54) is 0 Å². The number of halogens is 1. The monoisotopic (exact) mass is 330 g/mol.